The Hall–Kier alpha value is -2.44. The van der Waals surface area contributed by atoms with E-state index >= 15 is 0 Å². The van der Waals surface area contributed by atoms with Crippen LogP contribution < -0.4 is 9.47 Å². The van der Waals surface area contributed by atoms with E-state index in [0.29, 0.717) is 11.6 Å². The molecule has 0 radical (unpaired) electrons. The molecule has 1 aromatic heterocycles. The van der Waals surface area contributed by atoms with Gasteiger partial charge in [0, 0.05) is 13.1 Å². The molecule has 0 unspecified atom stereocenters. The molecule has 2 aromatic rings. The minimum atomic E-state index is -0.843. The van der Waals surface area contributed by atoms with Crippen molar-refractivity contribution in [1.29, 1.82) is 0 Å². The average molecular weight is 425 g/mol. The normalized spacial score (nSPS) is 12.1. The van der Waals surface area contributed by atoms with E-state index in [1.54, 1.807) is 18.7 Å². The van der Waals surface area contributed by atoms with E-state index in [9.17, 15) is 4.79 Å². The van der Waals surface area contributed by atoms with Crippen LogP contribution in [0, 0.1) is 6.92 Å². The van der Waals surface area contributed by atoms with Crippen LogP contribution in [0.25, 0.3) is 6.08 Å². The van der Waals surface area contributed by atoms with E-state index < -0.39 is 12.1 Å². The van der Waals surface area contributed by atoms with Crippen LogP contribution >= 0.6 is 23.2 Å². The predicted molar refractivity (Wildman–Crippen MR) is 110 cm³/mol. The van der Waals surface area contributed by atoms with Crippen molar-refractivity contribution < 1.29 is 19.0 Å². The molecule has 0 saturated carbocycles. The van der Waals surface area contributed by atoms with Crippen LogP contribution in [0.15, 0.2) is 30.4 Å². The van der Waals surface area contributed by atoms with Crippen molar-refractivity contribution in [3.05, 3.63) is 51.7 Å². The Bertz CT molecular complexity index is 935. The third-order valence-electron chi connectivity index (χ3n) is 3.78. The first-order valence-corrected chi connectivity index (χ1v) is 9.18. The number of carbonyl (C=O) groups excluding carboxylic acids is 1. The molecule has 1 atom stereocenters. The summed E-state index contributed by atoms with van der Waals surface area (Å²) in [7, 11) is 3.05. The monoisotopic (exact) mass is 424 g/mol. The first-order valence-electron chi connectivity index (χ1n) is 8.42. The average Bonchev–Trinajstić information content (AvgIpc) is 2.89. The quantitative estimate of drug-likeness (QED) is 0.442. The molecule has 28 heavy (non-hydrogen) atoms. The summed E-state index contributed by atoms with van der Waals surface area (Å²) in [5, 5.41) is 4.92. The lowest BCUT2D eigenvalue weighted by molar-refractivity contribution is -0.147. The number of rotatable bonds is 7. The van der Waals surface area contributed by atoms with Gasteiger partial charge in [0.25, 0.3) is 0 Å². The molecule has 0 saturated heterocycles. The number of hydrogen-bond donors (Lipinski definition) is 0. The third kappa shape index (κ3) is 5.09. The van der Waals surface area contributed by atoms with Crippen LogP contribution in [0.4, 0.5) is 0 Å². The highest BCUT2D eigenvalue weighted by Gasteiger charge is 2.20. The van der Waals surface area contributed by atoms with Crippen molar-refractivity contribution in [2.75, 3.05) is 7.11 Å². The molecule has 2 rings (SSSR count). The number of benzene rings is 1. The third-order valence-corrected chi connectivity index (χ3v) is 4.37. The number of methoxy groups -OCH3 is 1. The number of carbonyl (C=O) groups is 1. The van der Waals surface area contributed by atoms with Crippen molar-refractivity contribution >= 4 is 35.2 Å². The summed E-state index contributed by atoms with van der Waals surface area (Å²) in [4.78, 5) is 11.6. The molecule has 1 heterocycles. The van der Waals surface area contributed by atoms with Crippen molar-refractivity contribution in [3.63, 3.8) is 0 Å². The van der Waals surface area contributed by atoms with Gasteiger partial charge in [0.05, 0.1) is 28.4 Å². The van der Waals surface area contributed by atoms with Gasteiger partial charge in [-0.3, -0.25) is 0 Å². The van der Waals surface area contributed by atoms with Gasteiger partial charge in [0.15, 0.2) is 11.9 Å². The maximum absolute atomic E-state index is 11.6. The van der Waals surface area contributed by atoms with Gasteiger partial charge in [-0.1, -0.05) is 41.4 Å². The van der Waals surface area contributed by atoms with E-state index in [1.165, 1.54) is 19.2 Å². The Morgan fingerprint density at radius 2 is 1.93 bits per heavy atom. The fourth-order valence-corrected chi connectivity index (χ4v) is 2.85. The maximum atomic E-state index is 11.6. The molecular formula is C20H22Cl2N2O4. The number of aryl methyl sites for hydroxylation is 2. The molecule has 0 aliphatic rings. The number of nitrogens with zero attached hydrogens (tertiary/aromatic N) is 2. The zero-order chi connectivity index (χ0) is 21.0. The highest BCUT2D eigenvalue weighted by Crippen LogP contribution is 2.39. The van der Waals surface area contributed by atoms with Gasteiger partial charge >= 0.3 is 5.97 Å². The van der Waals surface area contributed by atoms with Gasteiger partial charge in [-0.05, 0) is 32.9 Å². The molecule has 0 N–H and O–H groups in total. The van der Waals surface area contributed by atoms with Crippen molar-refractivity contribution in [2.24, 2.45) is 7.05 Å². The molecule has 0 bridgehead atoms. The number of allylic oxidation sites excluding steroid dienone is 2. The molecular weight excluding hydrogens is 403 g/mol. The van der Waals surface area contributed by atoms with E-state index in [1.807, 2.05) is 26.0 Å². The molecule has 0 spiro atoms. The van der Waals surface area contributed by atoms with Gasteiger partial charge in [-0.25, -0.2) is 9.48 Å². The van der Waals surface area contributed by atoms with Crippen LogP contribution in [-0.2, 0) is 16.6 Å². The molecule has 0 aliphatic heterocycles. The second-order valence-corrected chi connectivity index (χ2v) is 7.02. The van der Waals surface area contributed by atoms with E-state index in [4.69, 9.17) is 32.7 Å². The van der Waals surface area contributed by atoms with Crippen LogP contribution in [-0.4, -0.2) is 29.0 Å². The van der Waals surface area contributed by atoms with Gasteiger partial charge in [-0.2, -0.15) is 5.10 Å². The molecule has 6 nitrogen and oxygen atoms in total. The van der Waals surface area contributed by atoms with Gasteiger partial charge < -0.3 is 14.2 Å². The van der Waals surface area contributed by atoms with Crippen molar-refractivity contribution in [3.8, 4) is 17.4 Å². The molecule has 0 amide bonds. The Morgan fingerprint density at radius 1 is 1.29 bits per heavy atom. The van der Waals surface area contributed by atoms with Crippen molar-refractivity contribution in [2.45, 2.75) is 26.9 Å². The Labute approximate surface area is 174 Å². The highest BCUT2D eigenvalue weighted by atomic mass is 35.5. The lowest BCUT2D eigenvalue weighted by Gasteiger charge is -2.16. The lowest BCUT2D eigenvalue weighted by Crippen LogP contribution is -2.25. The molecule has 1 aromatic carbocycles. The summed E-state index contributed by atoms with van der Waals surface area (Å²) >= 11 is 12.5. The number of hydrogen-bond acceptors (Lipinski definition) is 5. The largest absolute Gasteiger partial charge is 0.477 e. The second-order valence-electron chi connectivity index (χ2n) is 6.21. The van der Waals surface area contributed by atoms with Gasteiger partial charge in [0.2, 0.25) is 5.88 Å². The zero-order valence-electron chi connectivity index (χ0n) is 16.4. The van der Waals surface area contributed by atoms with E-state index in [2.05, 4.69) is 16.4 Å². The first-order chi connectivity index (χ1) is 13.1. The number of aromatic nitrogens is 2. The maximum Gasteiger partial charge on any atom is 0.346 e. The van der Waals surface area contributed by atoms with E-state index in [-0.39, 0.29) is 15.8 Å². The van der Waals surface area contributed by atoms with Crippen LogP contribution in [0.2, 0.25) is 10.0 Å². The molecule has 150 valence electrons. The van der Waals surface area contributed by atoms with E-state index in [0.717, 1.165) is 16.8 Å². The Morgan fingerprint density at radius 3 is 2.54 bits per heavy atom. The summed E-state index contributed by atoms with van der Waals surface area (Å²) in [6, 6.07) is 3.02. The zero-order valence-corrected chi connectivity index (χ0v) is 17.9. The van der Waals surface area contributed by atoms with Crippen LogP contribution in [0.5, 0.6) is 17.4 Å². The highest BCUT2D eigenvalue weighted by molar-refractivity contribution is 6.36. The predicted octanol–water partition coefficient (Wildman–Crippen LogP) is 5.36. The smallest absolute Gasteiger partial charge is 0.346 e. The standard InChI is InChI=1S/C20H22Cl2N2O4/c1-11(2)7-8-14-12(3)23-24(5)19(14)28-18-10-17(15(21)9-16(18)22)27-13(4)20(25)26-6/h7-10,13H,1H2,2-6H3/t13-/m0/s1. The summed E-state index contributed by atoms with van der Waals surface area (Å²) < 4.78 is 17.9. The SMILES string of the molecule is C=C(C)C=Cc1c(C)nn(C)c1Oc1cc(O[C@@H](C)C(=O)OC)c(Cl)cc1Cl. The summed E-state index contributed by atoms with van der Waals surface area (Å²) in [6.45, 7) is 9.19. The Balaban J connectivity index is 2.41. The summed E-state index contributed by atoms with van der Waals surface area (Å²) in [6.07, 6.45) is 2.90. The summed E-state index contributed by atoms with van der Waals surface area (Å²) in [5.74, 6) is 0.525. The van der Waals surface area contributed by atoms with Gasteiger partial charge in [-0.15, -0.1) is 0 Å². The lowest BCUT2D eigenvalue weighted by atomic mass is 10.2. The topological polar surface area (TPSA) is 62.6 Å². The number of esters is 1. The molecule has 8 heteroatoms. The minimum Gasteiger partial charge on any atom is -0.477 e. The first kappa shape index (κ1) is 21.9. The fraction of sp³-hybridized carbons (Fsp3) is 0.300. The van der Waals surface area contributed by atoms with Crippen LogP contribution in [0.3, 0.4) is 0 Å². The van der Waals surface area contributed by atoms with Crippen LogP contribution in [0.1, 0.15) is 25.1 Å². The number of ether oxygens (including phenoxy) is 3. The fourth-order valence-electron chi connectivity index (χ4n) is 2.38. The Kier molecular flexibility index (Phi) is 7.16. The minimum absolute atomic E-state index is 0.247. The summed E-state index contributed by atoms with van der Waals surface area (Å²) in [5.41, 5.74) is 2.48. The molecule has 0 aliphatic carbocycles. The molecule has 0 fully saturated rings. The number of halogens is 2. The second kappa shape index (κ2) is 9.17. The van der Waals surface area contributed by atoms with Crippen molar-refractivity contribution in [1.82, 2.24) is 9.78 Å². The van der Waals surface area contributed by atoms with Gasteiger partial charge in [0.1, 0.15) is 5.75 Å².